The van der Waals surface area contributed by atoms with Crippen molar-refractivity contribution in [3.05, 3.63) is 59.7 Å². The largest absolute Gasteiger partial charge is 0.418 e. The third-order valence-corrected chi connectivity index (χ3v) is 10.1. The fraction of sp³-hybridized carbons (Fsp3) is 0.348. The molecule has 1 saturated heterocycles. The Hall–Kier alpha value is -2.20. The Morgan fingerprint density at radius 3 is 2.00 bits per heavy atom. The highest BCUT2D eigenvalue weighted by Crippen LogP contribution is 2.60. The molecule has 3 fully saturated rings. The molecule has 1 aliphatic heterocycles. The summed E-state index contributed by atoms with van der Waals surface area (Å²) in [5.74, 6) is -1.74. The number of benzene rings is 2. The van der Waals surface area contributed by atoms with Gasteiger partial charge in [-0.15, -0.1) is 0 Å². The fourth-order valence-corrected chi connectivity index (χ4v) is 7.27. The molecule has 5 nitrogen and oxygen atoms in total. The fourth-order valence-electron chi connectivity index (χ4n) is 5.40. The van der Waals surface area contributed by atoms with E-state index in [-0.39, 0.29) is 56.4 Å². The van der Waals surface area contributed by atoms with E-state index in [0.717, 1.165) is 12.5 Å². The molecular formula is C23H17Br2F3N2O3. The first kappa shape index (κ1) is 22.6. The van der Waals surface area contributed by atoms with Crippen LogP contribution in [0, 0.1) is 23.7 Å². The first-order valence-electron chi connectivity index (χ1n) is 10.3. The summed E-state index contributed by atoms with van der Waals surface area (Å²) in [5, 5.41) is 2.29. The zero-order valence-corrected chi connectivity index (χ0v) is 20.0. The molecule has 2 aromatic rings. The van der Waals surface area contributed by atoms with E-state index in [1.54, 1.807) is 0 Å². The summed E-state index contributed by atoms with van der Waals surface area (Å²) in [6.45, 7) is 0. The molecule has 1 N–H and O–H groups in total. The summed E-state index contributed by atoms with van der Waals surface area (Å²) in [4.78, 5) is 40.2. The number of hydrogen-bond donors (Lipinski definition) is 1. The molecule has 3 aliphatic rings. The van der Waals surface area contributed by atoms with Crippen molar-refractivity contribution >= 4 is 61.0 Å². The Morgan fingerprint density at radius 2 is 1.45 bits per heavy atom. The maximum Gasteiger partial charge on any atom is 0.418 e. The van der Waals surface area contributed by atoms with Crippen LogP contribution in [-0.2, 0) is 15.8 Å². The number of imide groups is 1. The molecule has 2 saturated carbocycles. The topological polar surface area (TPSA) is 66.5 Å². The lowest BCUT2D eigenvalue weighted by atomic mass is 9.81. The van der Waals surface area contributed by atoms with Gasteiger partial charge in [0.15, 0.2) is 0 Å². The lowest BCUT2D eigenvalue weighted by Gasteiger charge is -2.28. The Morgan fingerprint density at radius 1 is 0.909 bits per heavy atom. The number of alkyl halides is 5. The summed E-state index contributed by atoms with van der Waals surface area (Å²) in [7, 11) is 0. The van der Waals surface area contributed by atoms with Crippen molar-refractivity contribution in [3.63, 3.8) is 0 Å². The maximum absolute atomic E-state index is 13.2. The van der Waals surface area contributed by atoms with E-state index in [2.05, 4.69) is 37.2 Å². The summed E-state index contributed by atoms with van der Waals surface area (Å²) in [6, 6.07) is 10.4. The van der Waals surface area contributed by atoms with E-state index in [1.165, 1.54) is 47.4 Å². The lowest BCUT2D eigenvalue weighted by Crippen LogP contribution is -2.37. The van der Waals surface area contributed by atoms with Crippen LogP contribution in [0.1, 0.15) is 22.3 Å². The SMILES string of the molecule is O=C(Nc1ccccc1C(F)(F)F)c1ccc(N2C(=O)[C@@H]3[C@H]4C[C@@H]([C@H](Br)[C@H]4Br)[C@@H]3C2=O)cc1. The highest BCUT2D eigenvalue weighted by Gasteiger charge is 2.66. The van der Waals surface area contributed by atoms with Crippen molar-refractivity contribution in [1.82, 2.24) is 0 Å². The van der Waals surface area contributed by atoms with Crippen molar-refractivity contribution in [3.8, 4) is 0 Å². The number of rotatable bonds is 3. The Bertz CT molecular complexity index is 1120. The van der Waals surface area contributed by atoms with Gasteiger partial charge in [-0.3, -0.25) is 19.3 Å². The van der Waals surface area contributed by atoms with Gasteiger partial charge in [-0.1, -0.05) is 44.0 Å². The zero-order valence-electron chi connectivity index (χ0n) is 16.9. The number of amides is 3. The van der Waals surface area contributed by atoms with Crippen molar-refractivity contribution in [2.24, 2.45) is 23.7 Å². The van der Waals surface area contributed by atoms with Crippen LogP contribution < -0.4 is 10.2 Å². The lowest BCUT2D eigenvalue weighted by molar-refractivity contribution is -0.137. The standard InChI is InChI=1S/C23H17Br2F3N2O3/c24-18-12-9-13(19(18)25)17-16(12)21(32)30(22(17)33)11-7-5-10(6-8-11)20(31)29-15-4-2-1-3-14(15)23(26,27)28/h1-8,12-13,16-19H,9H2,(H,29,31)/t12-,13-,16-,17+,18+,19+/m1/s1. The minimum atomic E-state index is -4.61. The molecule has 10 heteroatoms. The minimum absolute atomic E-state index is 0.0876. The number of anilines is 2. The third-order valence-electron chi connectivity index (χ3n) is 6.86. The average Bonchev–Trinajstić information content (AvgIpc) is 3.38. The van der Waals surface area contributed by atoms with Crippen molar-refractivity contribution in [2.45, 2.75) is 22.3 Å². The van der Waals surface area contributed by atoms with Crippen LogP contribution in [0.3, 0.4) is 0 Å². The second-order valence-corrected chi connectivity index (χ2v) is 10.7. The van der Waals surface area contributed by atoms with E-state index in [1.807, 2.05) is 0 Å². The Labute approximate surface area is 204 Å². The van der Waals surface area contributed by atoms with Crippen LogP contribution in [0.25, 0.3) is 0 Å². The monoisotopic (exact) mass is 584 g/mol. The second kappa shape index (κ2) is 7.94. The van der Waals surface area contributed by atoms with E-state index >= 15 is 0 Å². The first-order valence-corrected chi connectivity index (χ1v) is 12.2. The highest BCUT2D eigenvalue weighted by molar-refractivity contribution is 9.12. The van der Waals surface area contributed by atoms with Crippen LogP contribution >= 0.6 is 31.9 Å². The number of carbonyl (C=O) groups excluding carboxylic acids is 3. The number of hydrogen-bond acceptors (Lipinski definition) is 3. The molecule has 6 atom stereocenters. The minimum Gasteiger partial charge on any atom is -0.321 e. The quantitative estimate of drug-likeness (QED) is 0.396. The number of carbonyl (C=O) groups is 3. The molecule has 0 unspecified atom stereocenters. The van der Waals surface area contributed by atoms with Crippen LogP contribution in [0.2, 0.25) is 0 Å². The van der Waals surface area contributed by atoms with Gasteiger partial charge in [-0.2, -0.15) is 13.2 Å². The third kappa shape index (κ3) is 3.53. The van der Waals surface area contributed by atoms with E-state index < -0.39 is 17.6 Å². The molecule has 33 heavy (non-hydrogen) atoms. The van der Waals surface area contributed by atoms with Crippen LogP contribution in [0.4, 0.5) is 24.5 Å². The van der Waals surface area contributed by atoms with Gasteiger partial charge >= 0.3 is 6.18 Å². The van der Waals surface area contributed by atoms with Gasteiger partial charge in [0, 0.05) is 15.2 Å². The molecule has 2 aromatic carbocycles. The number of nitrogens with zero attached hydrogens (tertiary/aromatic N) is 1. The predicted molar refractivity (Wildman–Crippen MR) is 122 cm³/mol. The van der Waals surface area contributed by atoms with Gasteiger partial charge in [0.25, 0.3) is 5.91 Å². The summed E-state index contributed by atoms with van der Waals surface area (Å²) >= 11 is 7.29. The molecule has 2 bridgehead atoms. The van der Waals surface area contributed by atoms with Gasteiger partial charge in [0.2, 0.25) is 11.8 Å². The maximum atomic E-state index is 13.2. The zero-order chi connectivity index (χ0) is 23.7. The summed E-state index contributed by atoms with van der Waals surface area (Å²) in [6.07, 6.45) is -3.78. The van der Waals surface area contributed by atoms with Gasteiger partial charge in [-0.25, -0.2) is 0 Å². The molecule has 5 rings (SSSR count). The van der Waals surface area contributed by atoms with Gasteiger partial charge in [0.1, 0.15) is 0 Å². The van der Waals surface area contributed by atoms with Crippen molar-refractivity contribution < 1.29 is 27.6 Å². The average molecular weight is 586 g/mol. The summed E-state index contributed by atoms with van der Waals surface area (Å²) in [5.41, 5.74) is -0.833. The van der Waals surface area contributed by atoms with E-state index in [0.29, 0.717) is 5.69 Å². The molecule has 2 aliphatic carbocycles. The van der Waals surface area contributed by atoms with E-state index in [4.69, 9.17) is 0 Å². The number of nitrogens with one attached hydrogen (secondary N) is 1. The Kier molecular flexibility index (Phi) is 5.43. The molecule has 0 aromatic heterocycles. The van der Waals surface area contributed by atoms with E-state index in [9.17, 15) is 27.6 Å². The molecule has 3 amide bonds. The molecule has 1 heterocycles. The number of halogens is 5. The van der Waals surface area contributed by atoms with Crippen molar-refractivity contribution in [2.75, 3.05) is 10.2 Å². The second-order valence-electron chi connectivity index (χ2n) is 8.56. The van der Waals surface area contributed by atoms with Crippen LogP contribution in [-0.4, -0.2) is 27.4 Å². The van der Waals surface area contributed by atoms with Crippen LogP contribution in [0.5, 0.6) is 0 Å². The van der Waals surface area contributed by atoms with Gasteiger partial charge in [-0.05, 0) is 54.7 Å². The van der Waals surface area contributed by atoms with Gasteiger partial charge in [0.05, 0.1) is 28.8 Å². The van der Waals surface area contributed by atoms with Gasteiger partial charge < -0.3 is 5.32 Å². The number of fused-ring (bicyclic) bond motifs is 5. The smallest absolute Gasteiger partial charge is 0.321 e. The molecule has 172 valence electrons. The summed E-state index contributed by atoms with van der Waals surface area (Å²) < 4.78 is 39.5. The normalized spacial score (nSPS) is 30.6. The van der Waals surface area contributed by atoms with Crippen molar-refractivity contribution in [1.29, 1.82) is 0 Å². The highest BCUT2D eigenvalue weighted by atomic mass is 79.9. The molecule has 0 spiro atoms. The first-order chi connectivity index (χ1) is 15.6. The number of para-hydroxylation sites is 1. The Balaban J connectivity index is 1.35. The van der Waals surface area contributed by atoms with Crippen LogP contribution in [0.15, 0.2) is 48.5 Å². The predicted octanol–water partition coefficient (Wildman–Crippen LogP) is 5.24. The molecular weight excluding hydrogens is 569 g/mol. The molecule has 0 radical (unpaired) electrons.